The van der Waals surface area contributed by atoms with Crippen molar-refractivity contribution in [3.63, 3.8) is 0 Å². The van der Waals surface area contributed by atoms with E-state index in [0.29, 0.717) is 12.3 Å². The molecule has 1 heterocycles. The lowest BCUT2D eigenvalue weighted by molar-refractivity contribution is 0.0498. The lowest BCUT2D eigenvalue weighted by Gasteiger charge is -2.04. The normalized spacial score (nSPS) is 10.8. The number of benzene rings is 1. The van der Waals surface area contributed by atoms with Gasteiger partial charge in [0.15, 0.2) is 0 Å². The summed E-state index contributed by atoms with van der Waals surface area (Å²) in [5.41, 5.74) is 2.70. The molecule has 0 aliphatic rings. The molecule has 0 saturated heterocycles. The molecule has 0 unspecified atom stereocenters. The van der Waals surface area contributed by atoms with Gasteiger partial charge in [0.25, 0.3) is 0 Å². The van der Waals surface area contributed by atoms with E-state index in [-0.39, 0.29) is 5.97 Å². The van der Waals surface area contributed by atoms with Gasteiger partial charge in [-0.05, 0) is 24.5 Å². The van der Waals surface area contributed by atoms with E-state index in [9.17, 15) is 4.79 Å². The summed E-state index contributed by atoms with van der Waals surface area (Å²) >= 11 is 0. The molecule has 1 aromatic carbocycles. The minimum absolute atomic E-state index is 0.239. The third-order valence-corrected chi connectivity index (χ3v) is 2.96. The number of para-hydroxylation sites is 1. The van der Waals surface area contributed by atoms with E-state index in [2.05, 4.69) is 11.9 Å². The number of fused-ring (bicyclic) bond motifs is 1. The fraction of sp³-hybridized carbons (Fsp3) is 0.400. The minimum Gasteiger partial charge on any atom is -0.461 e. The van der Waals surface area contributed by atoms with E-state index < -0.39 is 0 Å². The van der Waals surface area contributed by atoms with E-state index >= 15 is 0 Å². The first-order valence-corrected chi connectivity index (χ1v) is 6.54. The zero-order chi connectivity index (χ0) is 13.0. The number of hydrogen-bond acceptors (Lipinski definition) is 2. The smallest absolute Gasteiger partial charge is 0.355 e. The molecule has 2 rings (SSSR count). The van der Waals surface area contributed by atoms with Gasteiger partial charge in [-0.2, -0.15) is 0 Å². The first-order valence-electron chi connectivity index (χ1n) is 6.54. The highest BCUT2D eigenvalue weighted by molar-refractivity contribution is 5.98. The lowest BCUT2D eigenvalue weighted by Crippen LogP contribution is -2.08. The highest BCUT2D eigenvalue weighted by atomic mass is 16.5. The van der Waals surface area contributed by atoms with Crippen LogP contribution in [0.5, 0.6) is 0 Å². The maximum Gasteiger partial charge on any atom is 0.355 e. The van der Waals surface area contributed by atoms with Crippen molar-refractivity contribution in [2.75, 3.05) is 6.61 Å². The van der Waals surface area contributed by atoms with E-state index in [1.54, 1.807) is 0 Å². The average Bonchev–Trinajstić information content (AvgIpc) is 2.76. The molecule has 0 fully saturated rings. The van der Waals surface area contributed by atoms with Crippen molar-refractivity contribution in [2.45, 2.75) is 33.1 Å². The highest BCUT2D eigenvalue weighted by Crippen LogP contribution is 2.24. The van der Waals surface area contributed by atoms with Crippen LogP contribution in [0, 0.1) is 0 Å². The van der Waals surface area contributed by atoms with Crippen LogP contribution in [0.3, 0.4) is 0 Å². The van der Waals surface area contributed by atoms with Crippen molar-refractivity contribution in [1.82, 2.24) is 4.98 Å². The van der Waals surface area contributed by atoms with Crippen LogP contribution in [0.2, 0.25) is 0 Å². The van der Waals surface area contributed by atoms with E-state index in [1.165, 1.54) is 0 Å². The highest BCUT2D eigenvalue weighted by Gasteiger charge is 2.17. The maximum atomic E-state index is 12.0. The van der Waals surface area contributed by atoms with E-state index in [0.717, 1.165) is 35.7 Å². The number of aromatic amines is 1. The van der Waals surface area contributed by atoms with Crippen molar-refractivity contribution >= 4 is 16.9 Å². The molecule has 0 radical (unpaired) electrons. The minimum atomic E-state index is -0.239. The van der Waals surface area contributed by atoms with Gasteiger partial charge in [-0.3, -0.25) is 0 Å². The summed E-state index contributed by atoms with van der Waals surface area (Å²) in [6.07, 6.45) is 2.74. The van der Waals surface area contributed by atoms with Crippen LogP contribution >= 0.6 is 0 Å². The number of esters is 1. The Bertz CT molecular complexity index is 542. The Kier molecular flexibility index (Phi) is 4.03. The van der Waals surface area contributed by atoms with Crippen LogP contribution in [0.25, 0.3) is 10.9 Å². The molecule has 0 amide bonds. The number of carbonyl (C=O) groups is 1. The summed E-state index contributed by atoms with van der Waals surface area (Å²) in [5.74, 6) is -0.239. The molecule has 0 saturated carbocycles. The Morgan fingerprint density at radius 3 is 2.72 bits per heavy atom. The summed E-state index contributed by atoms with van der Waals surface area (Å²) in [6.45, 7) is 4.58. The Morgan fingerprint density at radius 2 is 2.00 bits per heavy atom. The Balaban J connectivity index is 2.41. The molecule has 18 heavy (non-hydrogen) atoms. The van der Waals surface area contributed by atoms with Crippen LogP contribution in [0.1, 0.15) is 42.7 Å². The summed E-state index contributed by atoms with van der Waals surface area (Å²) in [6, 6.07) is 8.00. The predicted octanol–water partition coefficient (Wildman–Crippen LogP) is 3.69. The first kappa shape index (κ1) is 12.7. The van der Waals surface area contributed by atoms with Gasteiger partial charge < -0.3 is 9.72 Å². The molecule has 3 nitrogen and oxygen atoms in total. The molecule has 96 valence electrons. The fourth-order valence-electron chi connectivity index (χ4n) is 2.15. The van der Waals surface area contributed by atoms with Gasteiger partial charge >= 0.3 is 5.97 Å². The number of hydrogen-bond donors (Lipinski definition) is 1. The van der Waals surface area contributed by atoms with Gasteiger partial charge in [0.1, 0.15) is 5.69 Å². The van der Waals surface area contributed by atoms with Crippen molar-refractivity contribution < 1.29 is 9.53 Å². The van der Waals surface area contributed by atoms with E-state index in [1.807, 2.05) is 31.2 Å². The largest absolute Gasteiger partial charge is 0.461 e. The van der Waals surface area contributed by atoms with Gasteiger partial charge in [-0.25, -0.2) is 4.79 Å². The molecule has 3 heteroatoms. The number of carbonyl (C=O) groups excluding carboxylic acids is 1. The van der Waals surface area contributed by atoms with Crippen molar-refractivity contribution in [3.8, 4) is 0 Å². The van der Waals surface area contributed by atoms with Crippen LogP contribution < -0.4 is 0 Å². The first-order chi connectivity index (χ1) is 8.77. The lowest BCUT2D eigenvalue weighted by atomic mass is 10.1. The zero-order valence-electron chi connectivity index (χ0n) is 11.0. The molecular weight excluding hydrogens is 226 g/mol. The second kappa shape index (κ2) is 5.71. The Hall–Kier alpha value is -1.77. The second-order valence-electron chi connectivity index (χ2n) is 4.41. The zero-order valence-corrected chi connectivity index (χ0v) is 11.0. The van der Waals surface area contributed by atoms with Crippen molar-refractivity contribution in [3.05, 3.63) is 35.5 Å². The average molecular weight is 245 g/mol. The predicted molar refractivity (Wildman–Crippen MR) is 72.9 cm³/mol. The molecule has 2 aromatic rings. The van der Waals surface area contributed by atoms with Crippen LogP contribution in [0.4, 0.5) is 0 Å². The van der Waals surface area contributed by atoms with Gasteiger partial charge in [0, 0.05) is 10.9 Å². The second-order valence-corrected chi connectivity index (χ2v) is 4.41. The standard InChI is InChI=1S/C15H19NO2/c1-3-7-12-11-8-5-6-9-13(11)16-14(12)15(17)18-10-4-2/h5-6,8-9,16H,3-4,7,10H2,1-2H3. The van der Waals surface area contributed by atoms with Crippen LogP contribution in [-0.2, 0) is 11.2 Å². The topological polar surface area (TPSA) is 42.1 Å². The quantitative estimate of drug-likeness (QED) is 0.816. The third-order valence-electron chi connectivity index (χ3n) is 2.96. The summed E-state index contributed by atoms with van der Waals surface area (Å²) < 4.78 is 5.22. The third kappa shape index (κ3) is 2.40. The van der Waals surface area contributed by atoms with Crippen LogP contribution in [0.15, 0.2) is 24.3 Å². The van der Waals surface area contributed by atoms with Gasteiger partial charge in [0.2, 0.25) is 0 Å². The molecule has 0 bridgehead atoms. The summed E-state index contributed by atoms with van der Waals surface area (Å²) in [7, 11) is 0. The van der Waals surface area contributed by atoms with Gasteiger partial charge in [0.05, 0.1) is 6.61 Å². The fourth-order valence-corrected chi connectivity index (χ4v) is 2.15. The van der Waals surface area contributed by atoms with Gasteiger partial charge in [-0.1, -0.05) is 38.5 Å². The summed E-state index contributed by atoms with van der Waals surface area (Å²) in [5, 5.41) is 1.13. The SMILES string of the molecule is CCCOC(=O)c1[nH]c2ccccc2c1CCC. The van der Waals surface area contributed by atoms with Crippen molar-refractivity contribution in [2.24, 2.45) is 0 Å². The number of rotatable bonds is 5. The van der Waals surface area contributed by atoms with Crippen LogP contribution in [-0.4, -0.2) is 17.6 Å². The van der Waals surface area contributed by atoms with Crippen molar-refractivity contribution in [1.29, 1.82) is 0 Å². The molecular formula is C15H19NO2. The Labute approximate surface area is 107 Å². The Morgan fingerprint density at radius 1 is 1.22 bits per heavy atom. The molecule has 1 N–H and O–H groups in total. The molecule has 1 aromatic heterocycles. The van der Waals surface area contributed by atoms with E-state index in [4.69, 9.17) is 4.74 Å². The molecule has 0 aliphatic heterocycles. The molecule has 0 spiro atoms. The number of nitrogens with one attached hydrogen (secondary N) is 1. The summed E-state index contributed by atoms with van der Waals surface area (Å²) in [4.78, 5) is 15.2. The monoisotopic (exact) mass is 245 g/mol. The number of aryl methyl sites for hydroxylation is 1. The molecule has 0 atom stereocenters. The van der Waals surface area contributed by atoms with Gasteiger partial charge in [-0.15, -0.1) is 0 Å². The number of ether oxygens (including phenoxy) is 1. The number of aromatic nitrogens is 1. The maximum absolute atomic E-state index is 12.0. The number of H-pyrrole nitrogens is 1. The molecule has 0 aliphatic carbocycles.